The van der Waals surface area contributed by atoms with Gasteiger partial charge < -0.3 is 0 Å². The van der Waals surface area contributed by atoms with E-state index in [0.29, 0.717) is 0 Å². The second-order valence-electron chi connectivity index (χ2n) is 1.72. The molecule has 1 aliphatic heterocycles. The molecule has 8 heavy (non-hydrogen) atoms. The summed E-state index contributed by atoms with van der Waals surface area (Å²) in [4.78, 5) is 2.30. The van der Waals surface area contributed by atoms with E-state index in [1.807, 2.05) is 13.8 Å². The van der Waals surface area contributed by atoms with E-state index in [1.165, 1.54) is 4.91 Å². The average Bonchev–Trinajstić information content (AvgIpc) is 1.98. The Morgan fingerprint density at radius 2 is 2.25 bits per heavy atom. The van der Waals surface area contributed by atoms with Crippen LogP contribution in [0.4, 0.5) is 0 Å². The number of thioether (sulfide) groups is 1. The minimum absolute atomic E-state index is 0.655. The van der Waals surface area contributed by atoms with Gasteiger partial charge in [0.15, 0.2) is 0 Å². The van der Waals surface area contributed by atoms with Gasteiger partial charge in [0.05, 0.1) is 15.9 Å². The van der Waals surface area contributed by atoms with E-state index >= 15 is 0 Å². The fourth-order valence-corrected chi connectivity index (χ4v) is 3.31. The van der Waals surface area contributed by atoms with Gasteiger partial charge in [-0.1, -0.05) is 0 Å². The number of hydrogen-bond acceptors (Lipinski definition) is 2. The Morgan fingerprint density at radius 3 is 2.38 bits per heavy atom. The molecule has 0 N–H and O–H groups in total. The van der Waals surface area contributed by atoms with E-state index in [1.54, 1.807) is 11.8 Å². The molecule has 1 heterocycles. The predicted molar refractivity (Wildman–Crippen MR) is 39.0 cm³/mol. The first-order valence-corrected chi connectivity index (χ1v) is 4.71. The van der Waals surface area contributed by atoms with Crippen LogP contribution in [0.5, 0.6) is 0 Å². The topological polar surface area (TPSA) is 17.1 Å². The molecule has 1 nitrogen and oxygen atoms in total. The molecule has 1 aliphatic rings. The summed E-state index contributed by atoms with van der Waals surface area (Å²) >= 11 is 1.69. The maximum absolute atomic E-state index is 10.8. The van der Waals surface area contributed by atoms with Gasteiger partial charge >= 0.3 is 0 Å². The van der Waals surface area contributed by atoms with Crippen molar-refractivity contribution in [2.75, 3.05) is 5.08 Å². The Bertz CT molecular complexity index is 160. The third-order valence-electron chi connectivity index (χ3n) is 1.22. The summed E-state index contributed by atoms with van der Waals surface area (Å²) in [6.07, 6.45) is 0. The smallest absolute Gasteiger partial charge is 0.0780 e. The van der Waals surface area contributed by atoms with Crippen molar-refractivity contribution < 1.29 is 4.21 Å². The second kappa shape index (κ2) is 2.23. The quantitative estimate of drug-likeness (QED) is 0.520. The first kappa shape index (κ1) is 6.36. The highest BCUT2D eigenvalue weighted by molar-refractivity contribution is 8.16. The lowest BCUT2D eigenvalue weighted by atomic mass is 10.6. The molecular formula is C5H8OS2. The van der Waals surface area contributed by atoms with Crippen molar-refractivity contribution >= 4 is 22.6 Å². The van der Waals surface area contributed by atoms with Crippen LogP contribution >= 0.6 is 11.8 Å². The van der Waals surface area contributed by atoms with Crippen LogP contribution in [0.2, 0.25) is 0 Å². The van der Waals surface area contributed by atoms with Crippen LogP contribution in [0.3, 0.4) is 0 Å². The molecule has 0 saturated heterocycles. The largest absolute Gasteiger partial charge is 0.254 e. The summed E-state index contributed by atoms with van der Waals surface area (Å²) in [5.74, 6) is 0. The molecule has 0 fully saturated rings. The Hall–Kier alpha value is 0.240. The van der Waals surface area contributed by atoms with Crippen LogP contribution in [0, 0.1) is 0 Å². The highest BCUT2D eigenvalue weighted by Crippen LogP contribution is 2.30. The average molecular weight is 148 g/mol. The molecule has 0 saturated carbocycles. The summed E-state index contributed by atoms with van der Waals surface area (Å²) in [5, 5.41) is 0.775. The van der Waals surface area contributed by atoms with Gasteiger partial charge in [0.25, 0.3) is 0 Å². The van der Waals surface area contributed by atoms with Crippen molar-refractivity contribution in [2.24, 2.45) is 0 Å². The van der Waals surface area contributed by atoms with Gasteiger partial charge in [-0.25, -0.2) is 0 Å². The lowest BCUT2D eigenvalue weighted by Crippen LogP contribution is -1.84. The third kappa shape index (κ3) is 0.977. The van der Waals surface area contributed by atoms with Gasteiger partial charge in [0, 0.05) is 4.91 Å². The van der Waals surface area contributed by atoms with E-state index in [9.17, 15) is 4.21 Å². The maximum atomic E-state index is 10.8. The molecule has 46 valence electrons. The van der Waals surface area contributed by atoms with Crippen molar-refractivity contribution in [2.45, 2.75) is 13.8 Å². The molecule has 1 unspecified atom stereocenters. The molecule has 0 aromatic carbocycles. The summed E-state index contributed by atoms with van der Waals surface area (Å²) in [7, 11) is -0.655. The molecular weight excluding hydrogens is 140 g/mol. The predicted octanol–water partition coefficient (Wildman–Crippen LogP) is 1.69. The van der Waals surface area contributed by atoms with Gasteiger partial charge in [-0.3, -0.25) is 4.21 Å². The van der Waals surface area contributed by atoms with Gasteiger partial charge in [0.1, 0.15) is 0 Å². The van der Waals surface area contributed by atoms with Crippen molar-refractivity contribution in [1.29, 1.82) is 0 Å². The molecule has 0 aliphatic carbocycles. The molecule has 0 radical (unpaired) electrons. The SMILES string of the molecule is CC1=C(C)S(=O)CS1. The lowest BCUT2D eigenvalue weighted by molar-refractivity contribution is 0.690. The molecule has 0 bridgehead atoms. The highest BCUT2D eigenvalue weighted by Gasteiger charge is 2.13. The Balaban J connectivity index is 2.86. The van der Waals surface area contributed by atoms with Crippen LogP contribution in [-0.2, 0) is 10.8 Å². The Labute approximate surface area is 56.0 Å². The molecule has 0 aromatic heterocycles. The van der Waals surface area contributed by atoms with E-state index < -0.39 is 10.8 Å². The fraction of sp³-hybridized carbons (Fsp3) is 0.600. The minimum Gasteiger partial charge on any atom is -0.254 e. The third-order valence-corrected chi connectivity index (χ3v) is 4.41. The zero-order valence-electron chi connectivity index (χ0n) is 4.93. The number of allylic oxidation sites excluding steroid dienone is 2. The van der Waals surface area contributed by atoms with Crippen molar-refractivity contribution in [3.8, 4) is 0 Å². The minimum atomic E-state index is -0.655. The lowest BCUT2D eigenvalue weighted by Gasteiger charge is -1.85. The zero-order valence-corrected chi connectivity index (χ0v) is 6.56. The van der Waals surface area contributed by atoms with Crippen molar-refractivity contribution in [3.63, 3.8) is 0 Å². The van der Waals surface area contributed by atoms with E-state index in [0.717, 1.165) is 9.99 Å². The van der Waals surface area contributed by atoms with E-state index in [-0.39, 0.29) is 0 Å². The van der Waals surface area contributed by atoms with Gasteiger partial charge in [0.2, 0.25) is 0 Å². The van der Waals surface area contributed by atoms with Gasteiger partial charge in [-0.05, 0) is 18.8 Å². The standard InChI is InChI=1S/C5H8OS2/c1-4-5(2)8(6)3-7-4/h3H2,1-2H3. The molecule has 0 amide bonds. The van der Waals surface area contributed by atoms with Crippen LogP contribution in [0.15, 0.2) is 9.81 Å². The first-order chi connectivity index (χ1) is 3.72. The molecule has 3 heteroatoms. The van der Waals surface area contributed by atoms with Crippen molar-refractivity contribution in [3.05, 3.63) is 9.81 Å². The molecule has 1 atom stereocenters. The Kier molecular flexibility index (Phi) is 1.77. The highest BCUT2D eigenvalue weighted by atomic mass is 32.2. The zero-order chi connectivity index (χ0) is 6.15. The first-order valence-electron chi connectivity index (χ1n) is 2.40. The molecule has 1 rings (SSSR count). The van der Waals surface area contributed by atoms with Gasteiger partial charge in [-0.15, -0.1) is 11.8 Å². The molecule has 0 aromatic rings. The monoisotopic (exact) mass is 148 g/mol. The maximum Gasteiger partial charge on any atom is 0.0780 e. The van der Waals surface area contributed by atoms with Crippen LogP contribution in [0.25, 0.3) is 0 Å². The summed E-state index contributed by atoms with van der Waals surface area (Å²) in [6, 6.07) is 0. The number of rotatable bonds is 0. The van der Waals surface area contributed by atoms with E-state index in [4.69, 9.17) is 0 Å². The van der Waals surface area contributed by atoms with Crippen LogP contribution in [0.1, 0.15) is 13.8 Å². The fourth-order valence-electron chi connectivity index (χ4n) is 0.492. The molecule has 0 spiro atoms. The summed E-state index contributed by atoms with van der Waals surface area (Å²) in [6.45, 7) is 3.95. The Morgan fingerprint density at radius 1 is 1.62 bits per heavy atom. The van der Waals surface area contributed by atoms with E-state index in [2.05, 4.69) is 0 Å². The second-order valence-corrected chi connectivity index (χ2v) is 4.87. The summed E-state index contributed by atoms with van der Waals surface area (Å²) < 4.78 is 10.8. The normalized spacial score (nSPS) is 29.5. The van der Waals surface area contributed by atoms with Crippen molar-refractivity contribution in [1.82, 2.24) is 0 Å². The number of hydrogen-bond donors (Lipinski definition) is 0. The van der Waals surface area contributed by atoms with Crippen LogP contribution < -0.4 is 0 Å². The van der Waals surface area contributed by atoms with Crippen LogP contribution in [-0.4, -0.2) is 9.29 Å². The van der Waals surface area contributed by atoms with Gasteiger partial charge in [-0.2, -0.15) is 0 Å². The summed E-state index contributed by atoms with van der Waals surface area (Å²) in [5.41, 5.74) is 0.